The molecule has 0 amide bonds. The molecule has 5 rings (SSSR count). The lowest BCUT2D eigenvalue weighted by Gasteiger charge is -2.29. The molecule has 0 spiro atoms. The van der Waals surface area contributed by atoms with E-state index in [-0.39, 0.29) is 29.9 Å². The number of nitrogens with one attached hydrogen (secondary N) is 2. The molecule has 1 saturated heterocycles. The van der Waals surface area contributed by atoms with Gasteiger partial charge in [-0.25, -0.2) is 22.8 Å². The molecule has 0 unspecified atom stereocenters. The summed E-state index contributed by atoms with van der Waals surface area (Å²) in [6.07, 6.45) is 5.69. The van der Waals surface area contributed by atoms with E-state index in [1.54, 1.807) is 13.3 Å². The molecule has 43 heavy (non-hydrogen) atoms. The highest BCUT2D eigenvalue weighted by molar-refractivity contribution is 7.90. The zero-order valence-electron chi connectivity index (χ0n) is 24.9. The first-order valence-corrected chi connectivity index (χ1v) is 16.1. The van der Waals surface area contributed by atoms with E-state index in [9.17, 15) is 17.6 Å². The number of Topliss-reactive ketones (excluding diaryl/α,β-unsaturated/α-hetero) is 1. The number of H-pyrrole nitrogens is 1. The molecule has 0 aliphatic carbocycles. The van der Waals surface area contributed by atoms with Crippen LogP contribution < -0.4 is 5.32 Å². The Labute approximate surface area is 251 Å². The van der Waals surface area contributed by atoms with E-state index < -0.39 is 20.5 Å². The highest BCUT2D eigenvalue weighted by atomic mass is 32.2. The fourth-order valence-corrected chi connectivity index (χ4v) is 6.35. The molecule has 0 saturated carbocycles. The SMILES string of the molecule is COC[C@H](C(=O)Cc1cccc2c(-c3nc(Nc4cccc(S(C)(=O)=O)c4F)ncc3C)c[nH]c12)N1CCCN(C)CC1. The molecule has 1 aliphatic rings. The van der Waals surface area contributed by atoms with Gasteiger partial charge in [-0.2, -0.15) is 0 Å². The van der Waals surface area contributed by atoms with Crippen molar-refractivity contribution >= 4 is 38.2 Å². The molecular weight excluding hydrogens is 571 g/mol. The first kappa shape index (κ1) is 30.7. The highest BCUT2D eigenvalue weighted by Crippen LogP contribution is 2.33. The number of hydrogen-bond acceptors (Lipinski definition) is 9. The number of aryl methyl sites for hydroxylation is 1. The van der Waals surface area contributed by atoms with Gasteiger partial charge in [0.25, 0.3) is 0 Å². The number of benzene rings is 2. The molecule has 0 radical (unpaired) electrons. The van der Waals surface area contributed by atoms with Crippen LogP contribution in [0.3, 0.4) is 0 Å². The van der Waals surface area contributed by atoms with Crippen LogP contribution in [0.15, 0.2) is 53.7 Å². The first-order valence-electron chi connectivity index (χ1n) is 14.2. The van der Waals surface area contributed by atoms with Gasteiger partial charge in [-0.05, 0) is 50.2 Å². The number of sulfone groups is 1. The number of hydrogen-bond donors (Lipinski definition) is 2. The number of anilines is 2. The standard InChI is InChI=1S/C31H37FN6O4S/c1-20-17-34-31(35-24-10-6-11-27(28(24)32)43(4,40)41)36-29(20)23-18-33-30-21(8-5-9-22(23)30)16-26(39)25(19-42-3)38-13-7-12-37(2)14-15-38/h5-6,8-11,17-18,25,33H,7,12-16,19H2,1-4H3,(H,34,35,36)/t25-/m1/s1. The number of aromatic amines is 1. The van der Waals surface area contributed by atoms with Crippen molar-refractivity contribution in [2.75, 3.05) is 58.5 Å². The molecule has 3 heterocycles. The van der Waals surface area contributed by atoms with Gasteiger partial charge in [-0.15, -0.1) is 0 Å². The number of rotatable bonds is 10. The average Bonchev–Trinajstić information content (AvgIpc) is 3.28. The fourth-order valence-electron chi connectivity index (χ4n) is 5.59. The fraction of sp³-hybridized carbons (Fsp3) is 0.387. The summed E-state index contributed by atoms with van der Waals surface area (Å²) in [4.78, 5) is 30.1. The lowest BCUT2D eigenvalue weighted by Crippen LogP contribution is -2.46. The molecule has 228 valence electrons. The lowest BCUT2D eigenvalue weighted by molar-refractivity contribution is -0.125. The van der Waals surface area contributed by atoms with E-state index in [4.69, 9.17) is 4.74 Å². The van der Waals surface area contributed by atoms with Crippen LogP contribution in [0.5, 0.6) is 0 Å². The Kier molecular flexibility index (Phi) is 9.21. The summed E-state index contributed by atoms with van der Waals surface area (Å²) >= 11 is 0. The van der Waals surface area contributed by atoms with Crippen LogP contribution in [0, 0.1) is 12.7 Å². The average molecular weight is 609 g/mol. The van der Waals surface area contributed by atoms with Gasteiger partial charge >= 0.3 is 0 Å². The molecule has 1 fully saturated rings. The van der Waals surface area contributed by atoms with E-state index in [0.29, 0.717) is 12.3 Å². The Hall–Kier alpha value is -3.71. The minimum atomic E-state index is -3.75. The Bertz CT molecular complexity index is 1740. The summed E-state index contributed by atoms with van der Waals surface area (Å²) in [5.74, 6) is -0.662. The van der Waals surface area contributed by atoms with Gasteiger partial charge in [0.15, 0.2) is 21.4 Å². The maximum Gasteiger partial charge on any atom is 0.227 e. The van der Waals surface area contributed by atoms with Crippen molar-refractivity contribution in [2.24, 2.45) is 0 Å². The zero-order chi connectivity index (χ0) is 30.7. The van der Waals surface area contributed by atoms with Gasteiger partial charge in [-0.1, -0.05) is 24.3 Å². The van der Waals surface area contributed by atoms with Crippen LogP contribution in [-0.2, 0) is 25.8 Å². The third-order valence-corrected chi connectivity index (χ3v) is 9.01. The smallest absolute Gasteiger partial charge is 0.227 e. The number of aromatic nitrogens is 3. The third-order valence-electron chi connectivity index (χ3n) is 7.89. The van der Waals surface area contributed by atoms with Crippen molar-refractivity contribution in [3.05, 3.63) is 65.7 Å². The van der Waals surface area contributed by atoms with Gasteiger partial charge in [0.05, 0.1) is 24.0 Å². The summed E-state index contributed by atoms with van der Waals surface area (Å²) in [5, 5.41) is 3.72. The Morgan fingerprint density at radius 2 is 1.95 bits per heavy atom. The second-order valence-corrected chi connectivity index (χ2v) is 13.1. The summed E-state index contributed by atoms with van der Waals surface area (Å²) in [7, 11) is -0.0149. The van der Waals surface area contributed by atoms with Gasteiger partial charge in [0.1, 0.15) is 4.90 Å². The summed E-state index contributed by atoms with van der Waals surface area (Å²) in [5.41, 5.74) is 3.91. The topological polar surface area (TPSA) is 121 Å². The normalized spacial score (nSPS) is 15.8. The number of likely N-dealkylation sites (N-methyl/N-ethyl adjacent to an activating group) is 1. The Morgan fingerprint density at radius 3 is 2.72 bits per heavy atom. The predicted molar refractivity (Wildman–Crippen MR) is 165 cm³/mol. The predicted octanol–water partition coefficient (Wildman–Crippen LogP) is 3.98. The van der Waals surface area contributed by atoms with Crippen molar-refractivity contribution in [2.45, 2.75) is 30.7 Å². The van der Waals surface area contributed by atoms with Crippen molar-refractivity contribution < 1.29 is 22.3 Å². The summed E-state index contributed by atoms with van der Waals surface area (Å²) in [6, 6.07) is 9.64. The quantitative estimate of drug-likeness (QED) is 0.275. The molecule has 12 heteroatoms. The van der Waals surface area contributed by atoms with Gasteiger partial charge in [0.2, 0.25) is 5.95 Å². The van der Waals surface area contributed by atoms with Gasteiger partial charge < -0.3 is 19.9 Å². The second-order valence-electron chi connectivity index (χ2n) is 11.1. The zero-order valence-corrected chi connectivity index (χ0v) is 25.7. The van der Waals surface area contributed by atoms with Crippen LogP contribution in [0.2, 0.25) is 0 Å². The molecule has 2 aromatic heterocycles. The Morgan fingerprint density at radius 1 is 1.16 bits per heavy atom. The number of para-hydroxylation sites is 1. The number of carbonyl (C=O) groups excluding carboxylic acids is 1. The molecule has 10 nitrogen and oxygen atoms in total. The largest absolute Gasteiger partial charge is 0.383 e. The first-order chi connectivity index (χ1) is 20.6. The van der Waals surface area contributed by atoms with Crippen LogP contribution >= 0.6 is 0 Å². The lowest BCUT2D eigenvalue weighted by atomic mass is 9.99. The number of nitrogens with zero attached hydrogens (tertiary/aromatic N) is 4. The van der Waals surface area contributed by atoms with Crippen molar-refractivity contribution in [3.63, 3.8) is 0 Å². The third kappa shape index (κ3) is 6.77. The molecule has 0 bridgehead atoms. The Balaban J connectivity index is 1.43. The minimum absolute atomic E-state index is 0.0425. The number of ketones is 1. The second kappa shape index (κ2) is 12.9. The maximum absolute atomic E-state index is 15.0. The monoisotopic (exact) mass is 608 g/mol. The van der Waals surface area contributed by atoms with Crippen molar-refractivity contribution in [3.8, 4) is 11.3 Å². The number of ether oxygens (including phenoxy) is 1. The van der Waals surface area contributed by atoms with Crippen LogP contribution in [0.4, 0.5) is 16.0 Å². The van der Waals surface area contributed by atoms with Crippen LogP contribution in [0.25, 0.3) is 22.2 Å². The molecule has 1 atom stereocenters. The van der Waals surface area contributed by atoms with E-state index in [0.717, 1.165) is 66.4 Å². The van der Waals surface area contributed by atoms with E-state index in [1.165, 1.54) is 18.2 Å². The number of fused-ring (bicyclic) bond motifs is 1. The van der Waals surface area contributed by atoms with E-state index in [2.05, 4.69) is 37.1 Å². The van der Waals surface area contributed by atoms with Gasteiger partial charge in [-0.3, -0.25) is 9.69 Å². The molecule has 2 N–H and O–H groups in total. The number of methoxy groups -OCH3 is 1. The van der Waals surface area contributed by atoms with Crippen molar-refractivity contribution in [1.82, 2.24) is 24.8 Å². The molecule has 2 aromatic carbocycles. The summed E-state index contributed by atoms with van der Waals surface area (Å²) in [6.45, 7) is 5.82. The van der Waals surface area contributed by atoms with E-state index in [1.807, 2.05) is 31.3 Å². The number of halogens is 1. The number of carbonyl (C=O) groups is 1. The van der Waals surface area contributed by atoms with Crippen molar-refractivity contribution in [1.29, 1.82) is 0 Å². The van der Waals surface area contributed by atoms with E-state index >= 15 is 0 Å². The van der Waals surface area contributed by atoms with Gasteiger partial charge in [0, 0.05) is 68.3 Å². The molecule has 4 aromatic rings. The van der Waals surface area contributed by atoms with Crippen LogP contribution in [0.1, 0.15) is 17.5 Å². The molecule has 1 aliphatic heterocycles. The molecular formula is C31H37FN6O4S. The van der Waals surface area contributed by atoms with Crippen LogP contribution in [-0.4, -0.2) is 98.2 Å². The summed E-state index contributed by atoms with van der Waals surface area (Å²) < 4.78 is 44.4. The maximum atomic E-state index is 15.0. The minimum Gasteiger partial charge on any atom is -0.383 e. The highest BCUT2D eigenvalue weighted by Gasteiger charge is 2.28.